The van der Waals surface area contributed by atoms with E-state index in [2.05, 4.69) is 21.7 Å². The first-order valence-electron chi connectivity index (χ1n) is 10.9. The molecule has 0 aliphatic carbocycles. The molecule has 2 aromatic heterocycles. The zero-order valence-electron chi connectivity index (χ0n) is 18.5. The molecule has 0 bridgehead atoms. The number of urea groups is 1. The van der Waals surface area contributed by atoms with E-state index in [1.807, 2.05) is 44.2 Å². The lowest BCUT2D eigenvalue weighted by Gasteiger charge is -2.25. The van der Waals surface area contributed by atoms with Crippen LogP contribution in [0.2, 0.25) is 0 Å². The first kappa shape index (κ1) is 21.5. The van der Waals surface area contributed by atoms with Gasteiger partial charge in [0, 0.05) is 30.0 Å². The number of ether oxygens (including phenoxy) is 1. The van der Waals surface area contributed by atoms with Crippen molar-refractivity contribution in [1.82, 2.24) is 20.2 Å². The number of hydrogen-bond acceptors (Lipinski definition) is 7. The Hall–Kier alpha value is -3.32. The average Bonchev–Trinajstić information content (AvgIpc) is 3.43. The van der Waals surface area contributed by atoms with Crippen LogP contribution in [0.3, 0.4) is 0 Å². The number of likely N-dealkylation sites (tertiary alicyclic amines) is 1. The highest BCUT2D eigenvalue weighted by atomic mass is 32.1. The van der Waals surface area contributed by atoms with E-state index in [9.17, 15) is 10.1 Å². The van der Waals surface area contributed by atoms with Crippen LogP contribution in [0.1, 0.15) is 17.0 Å². The number of nitrogens with zero attached hydrogens (tertiary/aromatic N) is 4. The molecule has 5 rings (SSSR count). The maximum Gasteiger partial charge on any atom is 0.323 e. The van der Waals surface area contributed by atoms with Crippen LogP contribution in [0.5, 0.6) is 0 Å². The number of nitrogens with one attached hydrogen (secondary N) is 2. The average molecular weight is 461 g/mol. The van der Waals surface area contributed by atoms with Crippen LogP contribution in [0.15, 0.2) is 36.4 Å². The summed E-state index contributed by atoms with van der Waals surface area (Å²) in [5, 5.41) is 16.3. The topological polar surface area (TPSA) is 103 Å². The van der Waals surface area contributed by atoms with Crippen LogP contribution in [0.25, 0.3) is 21.7 Å². The lowest BCUT2D eigenvalue weighted by molar-refractivity contribution is 0.0187. The minimum absolute atomic E-state index is 0.0309. The van der Waals surface area contributed by atoms with Crippen molar-refractivity contribution in [2.75, 3.05) is 31.6 Å². The molecule has 2 atom stereocenters. The quantitative estimate of drug-likeness (QED) is 0.619. The minimum atomic E-state index is -0.186. The number of carbonyl (C=O) groups excluding carboxylic acids is 1. The van der Waals surface area contributed by atoms with Crippen molar-refractivity contribution in [3.63, 3.8) is 0 Å². The van der Waals surface area contributed by atoms with Crippen molar-refractivity contribution in [3.05, 3.63) is 53.3 Å². The number of fused-ring (bicyclic) bond motifs is 1. The first-order valence-corrected chi connectivity index (χ1v) is 11.7. The smallest absolute Gasteiger partial charge is 0.323 e. The van der Waals surface area contributed by atoms with Crippen LogP contribution in [0, 0.1) is 25.2 Å². The van der Waals surface area contributed by atoms with Gasteiger partial charge in [-0.25, -0.2) is 9.78 Å². The summed E-state index contributed by atoms with van der Waals surface area (Å²) < 4.78 is 5.79. The molecule has 0 spiro atoms. The molecule has 2 aliphatic rings. The minimum Gasteiger partial charge on any atom is -0.373 e. The van der Waals surface area contributed by atoms with Gasteiger partial charge in [-0.2, -0.15) is 5.26 Å². The second kappa shape index (κ2) is 8.90. The highest BCUT2D eigenvalue weighted by Gasteiger charge is 2.37. The molecule has 0 radical (unpaired) electrons. The molecule has 2 amide bonds. The van der Waals surface area contributed by atoms with E-state index in [-0.39, 0.29) is 18.2 Å². The molecule has 4 heterocycles. The Balaban J connectivity index is 1.47. The molecule has 9 heteroatoms. The number of thiazole rings is 1. The fourth-order valence-corrected chi connectivity index (χ4v) is 5.36. The number of rotatable bonds is 3. The van der Waals surface area contributed by atoms with Crippen LogP contribution >= 0.6 is 11.3 Å². The van der Waals surface area contributed by atoms with Crippen molar-refractivity contribution in [2.24, 2.45) is 0 Å². The Kier molecular flexibility index (Phi) is 5.81. The van der Waals surface area contributed by atoms with Crippen molar-refractivity contribution < 1.29 is 9.53 Å². The molecular formula is C24H24N6O2S. The van der Waals surface area contributed by atoms with E-state index in [0.29, 0.717) is 30.4 Å². The van der Waals surface area contributed by atoms with Crippen LogP contribution in [0.4, 0.5) is 9.93 Å². The molecule has 2 unspecified atom stereocenters. The van der Waals surface area contributed by atoms with E-state index in [0.717, 1.165) is 39.6 Å². The summed E-state index contributed by atoms with van der Waals surface area (Å²) in [4.78, 5) is 25.0. The largest absolute Gasteiger partial charge is 0.373 e. The number of amides is 2. The third-order valence-electron chi connectivity index (χ3n) is 5.84. The fraction of sp³-hybridized carbons (Fsp3) is 0.333. The van der Waals surface area contributed by atoms with Gasteiger partial charge in [-0.1, -0.05) is 23.5 Å². The molecule has 0 saturated carbocycles. The summed E-state index contributed by atoms with van der Waals surface area (Å²) in [6.45, 7) is 6.55. The number of carbonyl (C=O) groups is 1. The molecule has 8 nitrogen and oxygen atoms in total. The first-order chi connectivity index (χ1) is 16.0. The number of benzene rings is 1. The Morgan fingerprint density at radius 2 is 2.03 bits per heavy atom. The standard InChI is InChI=1S/C24H24N6O2S/c1-14-8-18(9-15(2)27-14)22-21(17-5-3-4-16(10-17)11-25)28-23(33-22)29-24(31)30-12-19-20(13-30)32-7-6-26-19/h3-5,8-10,19-20,26H,6-7,12-13H2,1-2H3,(H,28,29,31). The normalized spacial score (nSPS) is 19.7. The summed E-state index contributed by atoms with van der Waals surface area (Å²) in [5.41, 5.74) is 4.93. The number of anilines is 1. The van der Waals surface area contributed by atoms with Gasteiger partial charge >= 0.3 is 6.03 Å². The van der Waals surface area contributed by atoms with Gasteiger partial charge in [0.15, 0.2) is 5.13 Å². The second-order valence-corrected chi connectivity index (χ2v) is 9.33. The molecule has 3 aromatic rings. The Morgan fingerprint density at radius 1 is 1.21 bits per heavy atom. The summed E-state index contributed by atoms with van der Waals surface area (Å²) in [6.07, 6.45) is 0.0309. The van der Waals surface area contributed by atoms with E-state index in [1.165, 1.54) is 11.3 Å². The van der Waals surface area contributed by atoms with E-state index >= 15 is 0 Å². The second-order valence-electron chi connectivity index (χ2n) is 8.33. The maximum absolute atomic E-state index is 13.0. The highest BCUT2D eigenvalue weighted by Crippen LogP contribution is 2.39. The van der Waals surface area contributed by atoms with Gasteiger partial charge in [-0.15, -0.1) is 0 Å². The Labute approximate surface area is 196 Å². The predicted molar refractivity (Wildman–Crippen MR) is 127 cm³/mol. The number of morpholine rings is 1. The number of nitriles is 1. The molecule has 2 saturated heterocycles. The van der Waals surface area contributed by atoms with E-state index in [4.69, 9.17) is 9.72 Å². The summed E-state index contributed by atoms with van der Waals surface area (Å²) in [5.74, 6) is 0. The summed E-state index contributed by atoms with van der Waals surface area (Å²) in [7, 11) is 0. The van der Waals surface area contributed by atoms with E-state index in [1.54, 1.807) is 11.0 Å². The van der Waals surface area contributed by atoms with Crippen molar-refractivity contribution in [3.8, 4) is 27.8 Å². The third-order valence-corrected chi connectivity index (χ3v) is 6.86. The highest BCUT2D eigenvalue weighted by molar-refractivity contribution is 7.19. The molecule has 2 N–H and O–H groups in total. The lowest BCUT2D eigenvalue weighted by atomic mass is 10.0. The Morgan fingerprint density at radius 3 is 2.79 bits per heavy atom. The SMILES string of the molecule is Cc1cc(-c2sc(NC(=O)N3CC4NCCOC4C3)nc2-c2cccc(C#N)c2)cc(C)n1. The van der Waals surface area contributed by atoms with Gasteiger partial charge in [-0.05, 0) is 43.7 Å². The lowest BCUT2D eigenvalue weighted by Crippen LogP contribution is -2.47. The molecule has 33 heavy (non-hydrogen) atoms. The third kappa shape index (κ3) is 4.46. The Bertz CT molecular complexity index is 1220. The molecule has 2 fully saturated rings. The van der Waals surface area contributed by atoms with Crippen molar-refractivity contribution in [1.29, 1.82) is 5.26 Å². The van der Waals surface area contributed by atoms with Crippen molar-refractivity contribution in [2.45, 2.75) is 26.0 Å². The zero-order valence-corrected chi connectivity index (χ0v) is 19.3. The van der Waals surface area contributed by atoms with Gasteiger partial charge in [0.1, 0.15) is 0 Å². The zero-order chi connectivity index (χ0) is 22.9. The number of hydrogen-bond donors (Lipinski definition) is 2. The summed E-state index contributed by atoms with van der Waals surface area (Å²) >= 11 is 1.42. The predicted octanol–water partition coefficient (Wildman–Crippen LogP) is 3.57. The fourth-order valence-electron chi connectivity index (χ4n) is 4.40. The van der Waals surface area contributed by atoms with Gasteiger partial charge in [-0.3, -0.25) is 10.3 Å². The maximum atomic E-state index is 13.0. The molecule has 168 valence electrons. The van der Waals surface area contributed by atoms with Crippen molar-refractivity contribution >= 4 is 22.5 Å². The molecule has 1 aromatic carbocycles. The van der Waals surface area contributed by atoms with Crippen LogP contribution in [-0.2, 0) is 4.74 Å². The molecular weight excluding hydrogens is 436 g/mol. The monoisotopic (exact) mass is 460 g/mol. The number of aromatic nitrogens is 2. The van der Waals surface area contributed by atoms with Crippen LogP contribution < -0.4 is 10.6 Å². The molecule has 2 aliphatic heterocycles. The summed E-state index contributed by atoms with van der Waals surface area (Å²) in [6, 6.07) is 13.6. The van der Waals surface area contributed by atoms with Gasteiger partial charge in [0.25, 0.3) is 0 Å². The number of pyridine rings is 1. The van der Waals surface area contributed by atoms with Crippen LogP contribution in [-0.4, -0.2) is 59.3 Å². The van der Waals surface area contributed by atoms with E-state index < -0.39 is 0 Å². The number of aryl methyl sites for hydroxylation is 2. The van der Waals surface area contributed by atoms with Gasteiger partial charge in [0.2, 0.25) is 0 Å². The van der Waals surface area contributed by atoms with Gasteiger partial charge in [0.05, 0.1) is 47.5 Å². The van der Waals surface area contributed by atoms with Gasteiger partial charge < -0.3 is 15.0 Å².